The zero-order valence-electron chi connectivity index (χ0n) is 8.92. The highest BCUT2D eigenvalue weighted by atomic mass is 19.1. The molecular formula is C12H16FNO. The predicted molar refractivity (Wildman–Crippen MR) is 59.5 cm³/mol. The molecule has 0 spiro atoms. The number of methoxy groups -OCH3 is 1. The first-order valence-corrected chi connectivity index (χ1v) is 4.92. The van der Waals surface area contributed by atoms with Gasteiger partial charge in [0, 0.05) is 12.1 Å². The summed E-state index contributed by atoms with van der Waals surface area (Å²) in [6, 6.07) is 5.15. The lowest BCUT2D eigenvalue weighted by atomic mass is 10.2. The highest BCUT2D eigenvalue weighted by molar-refractivity contribution is 5.30. The lowest BCUT2D eigenvalue weighted by Gasteiger charge is -2.07. The van der Waals surface area contributed by atoms with Crippen LogP contribution in [0.25, 0.3) is 0 Å². The van der Waals surface area contributed by atoms with Gasteiger partial charge < -0.3 is 10.1 Å². The van der Waals surface area contributed by atoms with Gasteiger partial charge in [0.15, 0.2) is 11.6 Å². The maximum Gasteiger partial charge on any atom is 0.169 e. The molecule has 0 radical (unpaired) electrons. The summed E-state index contributed by atoms with van der Waals surface area (Å²) in [6.45, 7) is 4.93. The molecule has 0 bridgehead atoms. The molecule has 0 saturated heterocycles. The molecule has 0 aliphatic rings. The van der Waals surface area contributed by atoms with Crippen molar-refractivity contribution in [3.05, 3.63) is 42.2 Å². The summed E-state index contributed by atoms with van der Waals surface area (Å²) >= 11 is 0. The van der Waals surface area contributed by atoms with Crippen LogP contribution in [0.5, 0.6) is 5.75 Å². The molecule has 1 aromatic rings. The van der Waals surface area contributed by atoms with E-state index in [1.165, 1.54) is 7.11 Å². The van der Waals surface area contributed by atoms with Gasteiger partial charge in [0.2, 0.25) is 0 Å². The molecule has 0 amide bonds. The smallest absolute Gasteiger partial charge is 0.169 e. The molecule has 0 heterocycles. The standard InChI is InChI=1S/C12H16FNO/c1-3-4-8-14-9-10-6-5-7-11(15-2)12(10)13/h3,5-7,14H,1,4,8-9H2,2H3. The Morgan fingerprint density at radius 2 is 2.33 bits per heavy atom. The third-order valence-electron chi connectivity index (χ3n) is 2.10. The second kappa shape index (κ2) is 6.19. The van der Waals surface area contributed by atoms with Crippen molar-refractivity contribution in [3.8, 4) is 5.75 Å². The monoisotopic (exact) mass is 209 g/mol. The van der Waals surface area contributed by atoms with Crippen LogP contribution in [0, 0.1) is 5.82 Å². The number of nitrogens with one attached hydrogen (secondary N) is 1. The van der Waals surface area contributed by atoms with Gasteiger partial charge in [0.25, 0.3) is 0 Å². The zero-order valence-corrected chi connectivity index (χ0v) is 8.92. The fourth-order valence-corrected chi connectivity index (χ4v) is 1.28. The molecule has 1 N–H and O–H groups in total. The zero-order chi connectivity index (χ0) is 11.1. The van der Waals surface area contributed by atoms with Crippen molar-refractivity contribution in [1.29, 1.82) is 0 Å². The molecule has 0 fully saturated rings. The normalized spacial score (nSPS) is 10.0. The fourth-order valence-electron chi connectivity index (χ4n) is 1.28. The summed E-state index contributed by atoms with van der Waals surface area (Å²) in [4.78, 5) is 0. The molecule has 0 unspecified atom stereocenters. The summed E-state index contributed by atoms with van der Waals surface area (Å²) in [7, 11) is 1.47. The molecule has 0 aliphatic carbocycles. The van der Waals surface area contributed by atoms with E-state index in [0.29, 0.717) is 12.1 Å². The van der Waals surface area contributed by atoms with Crippen LogP contribution < -0.4 is 10.1 Å². The van der Waals surface area contributed by atoms with Crippen LogP contribution in [-0.2, 0) is 6.54 Å². The van der Waals surface area contributed by atoms with Gasteiger partial charge in [-0.15, -0.1) is 6.58 Å². The highest BCUT2D eigenvalue weighted by Crippen LogP contribution is 2.19. The Balaban J connectivity index is 2.56. The van der Waals surface area contributed by atoms with Crippen LogP contribution in [0.3, 0.4) is 0 Å². The van der Waals surface area contributed by atoms with Crippen molar-refractivity contribution in [2.75, 3.05) is 13.7 Å². The van der Waals surface area contributed by atoms with E-state index in [-0.39, 0.29) is 11.6 Å². The summed E-state index contributed by atoms with van der Waals surface area (Å²) in [6.07, 6.45) is 2.71. The molecule has 15 heavy (non-hydrogen) atoms. The van der Waals surface area contributed by atoms with Crippen LogP contribution in [-0.4, -0.2) is 13.7 Å². The molecule has 1 aromatic carbocycles. The number of halogens is 1. The molecule has 3 heteroatoms. The summed E-state index contributed by atoms with van der Waals surface area (Å²) in [5.41, 5.74) is 0.624. The number of hydrogen-bond acceptors (Lipinski definition) is 2. The fraction of sp³-hybridized carbons (Fsp3) is 0.333. The quantitative estimate of drug-likeness (QED) is 0.574. The Hall–Kier alpha value is -1.35. The third-order valence-corrected chi connectivity index (χ3v) is 2.10. The van der Waals surface area contributed by atoms with E-state index in [1.807, 2.05) is 6.08 Å². The molecule has 82 valence electrons. The van der Waals surface area contributed by atoms with Gasteiger partial charge in [0.05, 0.1) is 7.11 Å². The topological polar surface area (TPSA) is 21.3 Å². The average molecular weight is 209 g/mol. The van der Waals surface area contributed by atoms with Crippen molar-refractivity contribution in [1.82, 2.24) is 5.32 Å². The SMILES string of the molecule is C=CCCNCc1cccc(OC)c1F. The number of rotatable bonds is 6. The minimum absolute atomic E-state index is 0.286. The van der Waals surface area contributed by atoms with E-state index in [4.69, 9.17) is 4.74 Å². The molecule has 0 atom stereocenters. The van der Waals surface area contributed by atoms with E-state index >= 15 is 0 Å². The van der Waals surface area contributed by atoms with Gasteiger partial charge in [0.1, 0.15) is 0 Å². The Labute approximate surface area is 89.8 Å². The van der Waals surface area contributed by atoms with Crippen LogP contribution in [0.4, 0.5) is 4.39 Å². The van der Waals surface area contributed by atoms with Crippen LogP contribution in [0.15, 0.2) is 30.9 Å². The number of hydrogen-bond donors (Lipinski definition) is 1. The van der Waals surface area contributed by atoms with E-state index < -0.39 is 0 Å². The summed E-state index contributed by atoms with van der Waals surface area (Å²) in [5.74, 6) is 0.00382. The Kier molecular flexibility index (Phi) is 4.84. The molecule has 1 rings (SSSR count). The Morgan fingerprint density at radius 3 is 3.00 bits per heavy atom. The largest absolute Gasteiger partial charge is 0.494 e. The average Bonchev–Trinajstić information content (AvgIpc) is 2.26. The van der Waals surface area contributed by atoms with Gasteiger partial charge >= 0.3 is 0 Å². The van der Waals surface area contributed by atoms with Gasteiger partial charge in [-0.2, -0.15) is 0 Å². The minimum atomic E-state index is -0.286. The number of benzene rings is 1. The van der Waals surface area contributed by atoms with E-state index in [1.54, 1.807) is 18.2 Å². The first kappa shape index (κ1) is 11.7. The summed E-state index contributed by atoms with van der Waals surface area (Å²) < 4.78 is 18.5. The molecule has 2 nitrogen and oxygen atoms in total. The number of ether oxygens (including phenoxy) is 1. The van der Waals surface area contributed by atoms with E-state index in [9.17, 15) is 4.39 Å². The van der Waals surface area contributed by atoms with E-state index in [2.05, 4.69) is 11.9 Å². The van der Waals surface area contributed by atoms with Gasteiger partial charge in [-0.05, 0) is 19.0 Å². The lowest BCUT2D eigenvalue weighted by molar-refractivity contribution is 0.383. The molecule has 0 aromatic heterocycles. The van der Waals surface area contributed by atoms with Crippen LogP contribution in [0.2, 0.25) is 0 Å². The van der Waals surface area contributed by atoms with Gasteiger partial charge in [-0.25, -0.2) is 4.39 Å². The third kappa shape index (κ3) is 3.36. The van der Waals surface area contributed by atoms with Crippen LogP contribution in [0.1, 0.15) is 12.0 Å². The first-order chi connectivity index (χ1) is 7.29. The van der Waals surface area contributed by atoms with E-state index in [0.717, 1.165) is 13.0 Å². The van der Waals surface area contributed by atoms with Crippen molar-refractivity contribution in [2.45, 2.75) is 13.0 Å². The predicted octanol–water partition coefficient (Wildman–Crippen LogP) is 2.50. The second-order valence-electron chi connectivity index (χ2n) is 3.19. The van der Waals surface area contributed by atoms with Crippen molar-refractivity contribution < 1.29 is 9.13 Å². The maximum atomic E-state index is 13.6. The van der Waals surface area contributed by atoms with Gasteiger partial charge in [-0.1, -0.05) is 18.2 Å². The molecular weight excluding hydrogens is 193 g/mol. The van der Waals surface area contributed by atoms with Crippen LogP contribution >= 0.6 is 0 Å². The minimum Gasteiger partial charge on any atom is -0.494 e. The Bertz CT molecular complexity index is 325. The van der Waals surface area contributed by atoms with Gasteiger partial charge in [-0.3, -0.25) is 0 Å². The van der Waals surface area contributed by atoms with Crippen molar-refractivity contribution >= 4 is 0 Å². The highest BCUT2D eigenvalue weighted by Gasteiger charge is 2.06. The van der Waals surface area contributed by atoms with Crippen molar-refractivity contribution in [3.63, 3.8) is 0 Å². The first-order valence-electron chi connectivity index (χ1n) is 4.92. The maximum absolute atomic E-state index is 13.6. The second-order valence-corrected chi connectivity index (χ2v) is 3.19. The Morgan fingerprint density at radius 1 is 1.53 bits per heavy atom. The molecule has 0 saturated carbocycles. The van der Waals surface area contributed by atoms with Crippen molar-refractivity contribution in [2.24, 2.45) is 0 Å². The molecule has 0 aliphatic heterocycles. The lowest BCUT2D eigenvalue weighted by Crippen LogP contribution is -2.15. The summed E-state index contributed by atoms with van der Waals surface area (Å²) in [5, 5.41) is 3.13.